The zero-order chi connectivity index (χ0) is 13.9. The molecule has 0 atom stereocenters. The number of nitrogen functional groups attached to an aromatic ring is 1. The fraction of sp³-hybridized carbons (Fsp3) is 0.500. The van der Waals surface area contributed by atoms with E-state index in [0.717, 1.165) is 0 Å². The van der Waals surface area contributed by atoms with E-state index in [4.69, 9.17) is 10.5 Å². The van der Waals surface area contributed by atoms with Crippen LogP contribution in [0, 0.1) is 0 Å². The molecule has 0 saturated heterocycles. The summed E-state index contributed by atoms with van der Waals surface area (Å²) in [6.45, 7) is 5.91. The van der Waals surface area contributed by atoms with Gasteiger partial charge in [0.2, 0.25) is 10.0 Å². The lowest BCUT2D eigenvalue weighted by atomic mass is 10.3. The van der Waals surface area contributed by atoms with Crippen LogP contribution in [0.3, 0.4) is 0 Å². The maximum Gasteiger partial charge on any atom is 0.243 e. The summed E-state index contributed by atoms with van der Waals surface area (Å²) in [6.07, 6.45) is 0. The van der Waals surface area contributed by atoms with E-state index in [-0.39, 0.29) is 10.9 Å². The van der Waals surface area contributed by atoms with Crippen molar-refractivity contribution in [3.05, 3.63) is 18.2 Å². The van der Waals surface area contributed by atoms with Crippen molar-refractivity contribution in [2.24, 2.45) is 0 Å². The highest BCUT2D eigenvalue weighted by Gasteiger charge is 2.25. The van der Waals surface area contributed by atoms with Crippen molar-refractivity contribution in [2.45, 2.75) is 31.7 Å². The summed E-state index contributed by atoms with van der Waals surface area (Å²) in [7, 11) is -2.01. The first kappa shape index (κ1) is 14.8. The molecule has 0 radical (unpaired) electrons. The second-order valence-electron chi connectivity index (χ2n) is 4.21. The summed E-state index contributed by atoms with van der Waals surface area (Å²) in [5.41, 5.74) is 6.06. The van der Waals surface area contributed by atoms with Crippen LogP contribution in [0.4, 0.5) is 5.69 Å². The van der Waals surface area contributed by atoms with E-state index in [1.54, 1.807) is 6.07 Å². The Morgan fingerprint density at radius 2 is 2.00 bits per heavy atom. The van der Waals surface area contributed by atoms with E-state index in [1.807, 2.05) is 20.8 Å². The third kappa shape index (κ3) is 2.76. The van der Waals surface area contributed by atoms with E-state index in [2.05, 4.69) is 0 Å². The summed E-state index contributed by atoms with van der Waals surface area (Å²) in [5.74, 6) is 0.474. The number of hydrogen-bond donors (Lipinski definition) is 1. The summed E-state index contributed by atoms with van der Waals surface area (Å²) in [4.78, 5) is 0.191. The monoisotopic (exact) mass is 272 g/mol. The number of nitrogens with two attached hydrogens (primary N) is 1. The lowest BCUT2D eigenvalue weighted by molar-refractivity contribution is 0.369. The van der Waals surface area contributed by atoms with Crippen LogP contribution in [0.5, 0.6) is 5.75 Å². The first-order chi connectivity index (χ1) is 8.34. The predicted octanol–water partition coefficient (Wildman–Crippen LogP) is 1.70. The van der Waals surface area contributed by atoms with Crippen molar-refractivity contribution in [3.8, 4) is 5.75 Å². The van der Waals surface area contributed by atoms with E-state index in [9.17, 15) is 8.42 Å². The molecular formula is C12H20N2O3S. The number of nitrogens with zero attached hydrogens (tertiary/aromatic N) is 1. The molecule has 5 nitrogen and oxygen atoms in total. The van der Waals surface area contributed by atoms with Gasteiger partial charge in [-0.15, -0.1) is 0 Å². The predicted molar refractivity (Wildman–Crippen MR) is 72.1 cm³/mol. The van der Waals surface area contributed by atoms with Gasteiger partial charge in [0.05, 0.1) is 17.7 Å². The second-order valence-corrected chi connectivity index (χ2v) is 6.10. The van der Waals surface area contributed by atoms with Crippen molar-refractivity contribution in [1.82, 2.24) is 4.31 Å². The zero-order valence-electron chi connectivity index (χ0n) is 11.2. The van der Waals surface area contributed by atoms with Crippen molar-refractivity contribution >= 4 is 15.7 Å². The van der Waals surface area contributed by atoms with Gasteiger partial charge in [-0.05, 0) is 32.0 Å². The summed E-state index contributed by atoms with van der Waals surface area (Å²) < 4.78 is 31.2. The first-order valence-electron chi connectivity index (χ1n) is 5.80. The molecule has 1 aromatic carbocycles. The molecule has 0 spiro atoms. The number of hydrogen-bond acceptors (Lipinski definition) is 4. The number of ether oxygens (including phenoxy) is 1. The Balaban J connectivity index is 3.24. The Kier molecular flexibility index (Phi) is 4.59. The van der Waals surface area contributed by atoms with Gasteiger partial charge in [-0.25, -0.2) is 8.42 Å². The molecule has 0 aliphatic heterocycles. The minimum atomic E-state index is -3.50. The van der Waals surface area contributed by atoms with Gasteiger partial charge in [-0.3, -0.25) is 0 Å². The normalized spacial score (nSPS) is 12.1. The molecular weight excluding hydrogens is 252 g/mol. The standard InChI is InChI=1S/C12H20N2O3S/c1-5-14(9(2)3)18(15,16)10-6-7-12(17-4)11(13)8-10/h6-9H,5,13H2,1-4H3. The van der Waals surface area contributed by atoms with Crippen molar-refractivity contribution in [1.29, 1.82) is 0 Å². The van der Waals surface area contributed by atoms with E-state index in [1.165, 1.54) is 23.5 Å². The van der Waals surface area contributed by atoms with Crippen LogP contribution in [-0.2, 0) is 10.0 Å². The summed E-state index contributed by atoms with van der Waals surface area (Å²) in [5, 5.41) is 0. The Labute approximate surface area is 109 Å². The van der Waals surface area contributed by atoms with Crippen LogP contribution in [0.15, 0.2) is 23.1 Å². The number of rotatable bonds is 5. The highest BCUT2D eigenvalue weighted by Crippen LogP contribution is 2.26. The highest BCUT2D eigenvalue weighted by molar-refractivity contribution is 7.89. The summed E-state index contributed by atoms with van der Waals surface area (Å²) >= 11 is 0. The molecule has 0 aliphatic carbocycles. The fourth-order valence-corrected chi connectivity index (χ4v) is 3.50. The largest absolute Gasteiger partial charge is 0.495 e. The molecule has 2 N–H and O–H groups in total. The Morgan fingerprint density at radius 1 is 1.39 bits per heavy atom. The third-order valence-electron chi connectivity index (χ3n) is 2.70. The number of methoxy groups -OCH3 is 1. The van der Waals surface area contributed by atoms with E-state index >= 15 is 0 Å². The molecule has 0 fully saturated rings. The highest BCUT2D eigenvalue weighted by atomic mass is 32.2. The molecule has 1 rings (SSSR count). The van der Waals surface area contributed by atoms with Gasteiger partial charge in [-0.2, -0.15) is 4.31 Å². The fourth-order valence-electron chi connectivity index (χ4n) is 1.82. The molecule has 0 aromatic heterocycles. The number of sulfonamides is 1. The average molecular weight is 272 g/mol. The zero-order valence-corrected chi connectivity index (χ0v) is 12.0. The van der Waals surface area contributed by atoms with Crippen molar-refractivity contribution in [2.75, 3.05) is 19.4 Å². The maximum atomic E-state index is 12.4. The lowest BCUT2D eigenvalue weighted by Crippen LogP contribution is -2.36. The topological polar surface area (TPSA) is 72.6 Å². The number of anilines is 1. The van der Waals surface area contributed by atoms with Gasteiger partial charge in [0.15, 0.2) is 0 Å². The van der Waals surface area contributed by atoms with Crippen LogP contribution in [0.2, 0.25) is 0 Å². The molecule has 0 unspecified atom stereocenters. The molecule has 1 aromatic rings. The van der Waals surface area contributed by atoms with Gasteiger partial charge in [0, 0.05) is 12.6 Å². The number of benzene rings is 1. The van der Waals surface area contributed by atoms with Gasteiger partial charge in [0.25, 0.3) is 0 Å². The van der Waals surface area contributed by atoms with Crippen LogP contribution in [0.1, 0.15) is 20.8 Å². The Bertz CT molecular complexity index is 512. The first-order valence-corrected chi connectivity index (χ1v) is 7.24. The van der Waals surface area contributed by atoms with E-state index in [0.29, 0.717) is 18.0 Å². The molecule has 0 aliphatic rings. The molecule has 0 amide bonds. The minimum Gasteiger partial charge on any atom is -0.495 e. The molecule has 0 bridgehead atoms. The Hall–Kier alpha value is -1.27. The quantitative estimate of drug-likeness (QED) is 0.828. The molecule has 18 heavy (non-hydrogen) atoms. The van der Waals surface area contributed by atoms with Gasteiger partial charge < -0.3 is 10.5 Å². The van der Waals surface area contributed by atoms with Crippen LogP contribution >= 0.6 is 0 Å². The van der Waals surface area contributed by atoms with Crippen LogP contribution in [-0.4, -0.2) is 32.4 Å². The molecule has 6 heteroatoms. The maximum absolute atomic E-state index is 12.4. The molecule has 0 saturated carbocycles. The summed E-state index contributed by atoms with van der Waals surface area (Å²) in [6, 6.07) is 4.41. The second kappa shape index (κ2) is 5.58. The smallest absolute Gasteiger partial charge is 0.243 e. The van der Waals surface area contributed by atoms with Gasteiger partial charge in [0.1, 0.15) is 5.75 Å². The van der Waals surface area contributed by atoms with Crippen LogP contribution in [0.25, 0.3) is 0 Å². The Morgan fingerprint density at radius 3 is 2.39 bits per heavy atom. The van der Waals surface area contributed by atoms with Crippen molar-refractivity contribution < 1.29 is 13.2 Å². The van der Waals surface area contributed by atoms with Gasteiger partial charge in [-0.1, -0.05) is 6.92 Å². The van der Waals surface area contributed by atoms with Crippen molar-refractivity contribution in [3.63, 3.8) is 0 Å². The van der Waals surface area contributed by atoms with E-state index < -0.39 is 10.0 Å². The third-order valence-corrected chi connectivity index (χ3v) is 4.84. The SMILES string of the molecule is CCN(C(C)C)S(=O)(=O)c1ccc(OC)c(N)c1. The average Bonchev–Trinajstić information content (AvgIpc) is 2.28. The van der Waals surface area contributed by atoms with Crippen LogP contribution < -0.4 is 10.5 Å². The molecule has 102 valence electrons. The minimum absolute atomic E-state index is 0.0941. The lowest BCUT2D eigenvalue weighted by Gasteiger charge is -2.24. The molecule has 0 heterocycles. The van der Waals surface area contributed by atoms with Gasteiger partial charge >= 0.3 is 0 Å².